The second-order valence-electron chi connectivity index (χ2n) is 8.44. The number of ether oxygens (including phenoxy) is 1. The van der Waals surface area contributed by atoms with Crippen molar-refractivity contribution < 1.29 is 17.9 Å². The predicted molar refractivity (Wildman–Crippen MR) is 134 cm³/mol. The number of morpholine rings is 1. The number of benzene rings is 3. The first-order chi connectivity index (χ1) is 16.3. The highest BCUT2D eigenvalue weighted by Crippen LogP contribution is 2.24. The molecule has 0 atom stereocenters. The monoisotopic (exact) mass is 479 g/mol. The van der Waals surface area contributed by atoms with Crippen LogP contribution in [-0.4, -0.2) is 45.5 Å². The largest absolute Gasteiger partial charge is 0.379 e. The first-order valence-corrected chi connectivity index (χ1v) is 12.7. The fraction of sp³-hybridized carbons (Fsp3) is 0.269. The number of rotatable bonds is 7. The molecular formula is C26H29N3O4S. The maximum atomic E-state index is 12.9. The SMILES string of the molecule is Cc1cccc(C)c1NS(=O)(=O)c1ccc(NC(=O)c2cccc(CN3CCOCC3)c2)cc1. The van der Waals surface area contributed by atoms with E-state index in [9.17, 15) is 13.2 Å². The van der Waals surface area contributed by atoms with E-state index in [2.05, 4.69) is 14.9 Å². The molecule has 1 heterocycles. The van der Waals surface area contributed by atoms with Crippen LogP contribution in [-0.2, 0) is 21.3 Å². The van der Waals surface area contributed by atoms with Gasteiger partial charge < -0.3 is 10.1 Å². The molecule has 8 heteroatoms. The zero-order valence-electron chi connectivity index (χ0n) is 19.4. The molecular weight excluding hydrogens is 450 g/mol. The minimum Gasteiger partial charge on any atom is -0.379 e. The molecule has 178 valence electrons. The highest BCUT2D eigenvalue weighted by molar-refractivity contribution is 7.92. The van der Waals surface area contributed by atoms with Crippen LogP contribution < -0.4 is 10.0 Å². The topological polar surface area (TPSA) is 87.7 Å². The lowest BCUT2D eigenvalue weighted by molar-refractivity contribution is 0.0342. The van der Waals surface area contributed by atoms with Crippen molar-refractivity contribution in [3.05, 3.63) is 89.0 Å². The number of anilines is 2. The van der Waals surface area contributed by atoms with E-state index in [1.54, 1.807) is 18.2 Å². The third-order valence-corrected chi connectivity index (χ3v) is 7.20. The van der Waals surface area contributed by atoms with Gasteiger partial charge in [-0.05, 0) is 66.9 Å². The van der Waals surface area contributed by atoms with Crippen LogP contribution in [0.15, 0.2) is 71.6 Å². The van der Waals surface area contributed by atoms with Gasteiger partial charge in [0.1, 0.15) is 0 Å². The van der Waals surface area contributed by atoms with Gasteiger partial charge in [-0.25, -0.2) is 8.42 Å². The number of carbonyl (C=O) groups is 1. The Bertz CT molecular complexity index is 1250. The first-order valence-electron chi connectivity index (χ1n) is 11.2. The molecule has 0 spiro atoms. The number of para-hydroxylation sites is 1. The molecule has 0 aromatic heterocycles. The van der Waals surface area contributed by atoms with Gasteiger partial charge in [0.15, 0.2) is 0 Å². The summed E-state index contributed by atoms with van der Waals surface area (Å²) in [6, 6.07) is 19.3. The third kappa shape index (κ3) is 5.83. The van der Waals surface area contributed by atoms with Crippen molar-refractivity contribution in [2.75, 3.05) is 36.3 Å². The van der Waals surface area contributed by atoms with Crippen molar-refractivity contribution in [3.8, 4) is 0 Å². The van der Waals surface area contributed by atoms with Crippen molar-refractivity contribution in [1.29, 1.82) is 0 Å². The van der Waals surface area contributed by atoms with Gasteiger partial charge in [-0.3, -0.25) is 14.4 Å². The fourth-order valence-corrected chi connectivity index (χ4v) is 5.12. The van der Waals surface area contributed by atoms with Crippen molar-refractivity contribution >= 4 is 27.3 Å². The average molecular weight is 480 g/mol. The second kappa shape index (κ2) is 10.4. The number of hydrogen-bond acceptors (Lipinski definition) is 5. The van der Waals surface area contributed by atoms with Crippen LogP contribution in [0, 0.1) is 13.8 Å². The van der Waals surface area contributed by atoms with Crippen LogP contribution in [0.1, 0.15) is 27.0 Å². The number of nitrogens with zero attached hydrogens (tertiary/aromatic N) is 1. The summed E-state index contributed by atoms with van der Waals surface area (Å²) in [4.78, 5) is 15.2. The maximum absolute atomic E-state index is 12.9. The van der Waals surface area contributed by atoms with Gasteiger partial charge in [-0.2, -0.15) is 0 Å². The number of nitrogens with one attached hydrogen (secondary N) is 2. The van der Waals surface area contributed by atoms with Gasteiger partial charge in [-0.15, -0.1) is 0 Å². The zero-order chi connectivity index (χ0) is 24.1. The van der Waals surface area contributed by atoms with Crippen molar-refractivity contribution in [3.63, 3.8) is 0 Å². The molecule has 0 radical (unpaired) electrons. The molecule has 4 rings (SSSR count). The van der Waals surface area contributed by atoms with E-state index in [0.717, 1.165) is 49.5 Å². The van der Waals surface area contributed by atoms with Crippen molar-refractivity contribution in [2.45, 2.75) is 25.3 Å². The molecule has 0 unspecified atom stereocenters. The Morgan fingerprint density at radius 1 is 0.941 bits per heavy atom. The molecule has 34 heavy (non-hydrogen) atoms. The molecule has 3 aromatic carbocycles. The summed E-state index contributed by atoms with van der Waals surface area (Å²) >= 11 is 0. The summed E-state index contributed by atoms with van der Waals surface area (Å²) in [5.74, 6) is -0.243. The van der Waals surface area contributed by atoms with Crippen LogP contribution in [0.4, 0.5) is 11.4 Å². The van der Waals surface area contributed by atoms with Crippen LogP contribution in [0.3, 0.4) is 0 Å². The zero-order valence-corrected chi connectivity index (χ0v) is 20.2. The van der Waals surface area contributed by atoms with E-state index >= 15 is 0 Å². The summed E-state index contributed by atoms with van der Waals surface area (Å²) in [6.07, 6.45) is 0. The van der Waals surface area contributed by atoms with Crippen LogP contribution >= 0.6 is 0 Å². The second-order valence-corrected chi connectivity index (χ2v) is 10.1. The first kappa shape index (κ1) is 23.9. The van der Waals surface area contributed by atoms with E-state index in [0.29, 0.717) is 16.9 Å². The van der Waals surface area contributed by atoms with E-state index in [1.165, 1.54) is 12.1 Å². The Kier molecular flexibility index (Phi) is 7.31. The van der Waals surface area contributed by atoms with E-state index in [1.807, 2.05) is 50.2 Å². The van der Waals surface area contributed by atoms with Crippen molar-refractivity contribution in [1.82, 2.24) is 4.90 Å². The van der Waals surface area contributed by atoms with Crippen LogP contribution in [0.2, 0.25) is 0 Å². The lowest BCUT2D eigenvalue weighted by Crippen LogP contribution is -2.35. The highest BCUT2D eigenvalue weighted by Gasteiger charge is 2.17. The Morgan fingerprint density at radius 2 is 1.59 bits per heavy atom. The van der Waals surface area contributed by atoms with E-state index < -0.39 is 10.0 Å². The van der Waals surface area contributed by atoms with Crippen LogP contribution in [0.25, 0.3) is 0 Å². The molecule has 0 aliphatic carbocycles. The summed E-state index contributed by atoms with van der Waals surface area (Å²) in [5, 5.41) is 2.85. The normalized spacial score (nSPS) is 14.5. The molecule has 0 bridgehead atoms. The van der Waals surface area contributed by atoms with E-state index in [-0.39, 0.29) is 10.8 Å². The van der Waals surface area contributed by atoms with Gasteiger partial charge in [0.05, 0.1) is 23.8 Å². The summed E-state index contributed by atoms with van der Waals surface area (Å²) in [7, 11) is -3.75. The highest BCUT2D eigenvalue weighted by atomic mass is 32.2. The fourth-order valence-electron chi connectivity index (χ4n) is 3.92. The number of aryl methyl sites for hydroxylation is 2. The molecule has 1 aliphatic heterocycles. The van der Waals surface area contributed by atoms with Crippen molar-refractivity contribution in [2.24, 2.45) is 0 Å². The number of hydrogen-bond donors (Lipinski definition) is 2. The third-order valence-electron chi connectivity index (χ3n) is 5.84. The smallest absolute Gasteiger partial charge is 0.261 e. The molecule has 1 saturated heterocycles. The summed E-state index contributed by atoms with van der Waals surface area (Å²) in [5.41, 5.74) is 4.42. The molecule has 2 N–H and O–H groups in total. The average Bonchev–Trinajstić information content (AvgIpc) is 2.83. The Balaban J connectivity index is 1.42. The molecule has 1 aliphatic rings. The standard InChI is InChI=1S/C26H29N3O4S/c1-19-5-3-6-20(2)25(19)28-34(31,32)24-11-9-23(10-12-24)27-26(30)22-8-4-7-21(17-22)18-29-13-15-33-16-14-29/h3-12,17,28H,13-16,18H2,1-2H3,(H,27,30). The van der Waals surface area contributed by atoms with Gasteiger partial charge >= 0.3 is 0 Å². The Morgan fingerprint density at radius 3 is 2.26 bits per heavy atom. The minimum atomic E-state index is -3.75. The summed E-state index contributed by atoms with van der Waals surface area (Å²) < 4.78 is 33.8. The lowest BCUT2D eigenvalue weighted by Gasteiger charge is -2.26. The molecule has 1 fully saturated rings. The Labute approximate surface area is 200 Å². The number of carbonyl (C=O) groups excluding carboxylic acids is 1. The molecule has 3 aromatic rings. The van der Waals surface area contributed by atoms with Gasteiger partial charge in [0.25, 0.3) is 15.9 Å². The van der Waals surface area contributed by atoms with Gasteiger partial charge in [-0.1, -0.05) is 30.3 Å². The molecule has 0 saturated carbocycles. The quantitative estimate of drug-likeness (QED) is 0.531. The van der Waals surface area contributed by atoms with Crippen LogP contribution in [0.5, 0.6) is 0 Å². The predicted octanol–water partition coefficient (Wildman–Crippen LogP) is 4.19. The number of sulfonamides is 1. The Hall–Kier alpha value is -3.20. The van der Waals surface area contributed by atoms with E-state index in [4.69, 9.17) is 4.74 Å². The minimum absolute atomic E-state index is 0.126. The molecule has 7 nitrogen and oxygen atoms in total. The number of amides is 1. The maximum Gasteiger partial charge on any atom is 0.261 e. The lowest BCUT2D eigenvalue weighted by atomic mass is 10.1. The molecule has 1 amide bonds. The van der Waals surface area contributed by atoms with Gasteiger partial charge in [0, 0.05) is 30.9 Å². The van der Waals surface area contributed by atoms with Gasteiger partial charge in [0.2, 0.25) is 0 Å². The summed E-state index contributed by atoms with van der Waals surface area (Å²) in [6.45, 7) is 7.70.